The minimum Gasteiger partial charge on any atom is -0.315 e. The van der Waals surface area contributed by atoms with Crippen molar-refractivity contribution in [3.8, 4) is 0 Å². The summed E-state index contributed by atoms with van der Waals surface area (Å²) in [6.45, 7) is 6.49. The van der Waals surface area contributed by atoms with E-state index in [1.165, 1.54) is 32.1 Å². The maximum Gasteiger partial charge on any atom is 0.147 e. The zero-order valence-electron chi connectivity index (χ0n) is 11.9. The molecule has 1 N–H and O–H groups in total. The molecular weight excluding hydrogens is 238 g/mol. The van der Waals surface area contributed by atoms with E-state index in [4.69, 9.17) is 0 Å². The number of nitrogens with one attached hydrogen (secondary N) is 1. The highest BCUT2D eigenvalue weighted by molar-refractivity contribution is 4.91. The quantitative estimate of drug-likeness (QED) is 0.892. The van der Waals surface area contributed by atoms with Crippen molar-refractivity contribution in [1.82, 2.24) is 25.0 Å². The third-order valence-corrected chi connectivity index (χ3v) is 4.60. The third-order valence-electron chi connectivity index (χ3n) is 4.60. The second kappa shape index (κ2) is 6.01. The Bertz CT molecular complexity index is 396. The Morgan fingerprint density at radius 3 is 3.00 bits per heavy atom. The molecule has 2 heterocycles. The molecule has 5 nitrogen and oxygen atoms in total. The summed E-state index contributed by atoms with van der Waals surface area (Å²) in [4.78, 5) is 2.51. The molecule has 1 aliphatic heterocycles. The molecule has 1 aromatic heterocycles. The van der Waals surface area contributed by atoms with E-state index in [2.05, 4.69) is 31.9 Å². The molecule has 0 radical (unpaired) electrons. The summed E-state index contributed by atoms with van der Waals surface area (Å²) in [7, 11) is 0. The second-order valence-corrected chi connectivity index (χ2v) is 6.00. The third kappa shape index (κ3) is 3.15. The Labute approximate surface area is 115 Å². The Morgan fingerprint density at radius 2 is 2.16 bits per heavy atom. The smallest absolute Gasteiger partial charge is 0.147 e. The first-order valence-electron chi connectivity index (χ1n) is 7.67. The Morgan fingerprint density at radius 1 is 1.32 bits per heavy atom. The lowest BCUT2D eigenvalue weighted by Crippen LogP contribution is -2.46. The Hall–Kier alpha value is -0.940. The van der Waals surface area contributed by atoms with Crippen LogP contribution in [0.2, 0.25) is 0 Å². The molecule has 1 unspecified atom stereocenters. The van der Waals surface area contributed by atoms with Gasteiger partial charge in [-0.15, -0.1) is 10.2 Å². The van der Waals surface area contributed by atoms with E-state index < -0.39 is 0 Å². The molecule has 1 atom stereocenters. The summed E-state index contributed by atoms with van der Waals surface area (Å²) in [5.41, 5.74) is 0. The van der Waals surface area contributed by atoms with Gasteiger partial charge in [0.25, 0.3) is 0 Å². The van der Waals surface area contributed by atoms with E-state index in [0.717, 1.165) is 38.0 Å². The normalized spacial score (nSPS) is 23.2. The van der Waals surface area contributed by atoms with E-state index in [1.807, 2.05) is 6.33 Å². The molecule has 2 aliphatic rings. The van der Waals surface area contributed by atoms with E-state index in [1.54, 1.807) is 0 Å². The highest BCUT2D eigenvalue weighted by Crippen LogP contribution is 2.18. The average molecular weight is 263 g/mol. The Kier molecular flexibility index (Phi) is 4.13. The molecule has 0 spiro atoms. The van der Waals surface area contributed by atoms with Crippen molar-refractivity contribution >= 4 is 0 Å². The first-order valence-corrected chi connectivity index (χ1v) is 7.67. The van der Waals surface area contributed by atoms with Gasteiger partial charge >= 0.3 is 0 Å². The van der Waals surface area contributed by atoms with E-state index in [9.17, 15) is 0 Å². The molecule has 106 valence electrons. The van der Waals surface area contributed by atoms with Crippen LogP contribution in [-0.4, -0.2) is 44.8 Å². The van der Waals surface area contributed by atoms with Gasteiger partial charge in [0.1, 0.15) is 12.2 Å². The minimum absolute atomic E-state index is 0.576. The van der Waals surface area contributed by atoms with Crippen molar-refractivity contribution in [2.24, 2.45) is 0 Å². The van der Waals surface area contributed by atoms with Gasteiger partial charge in [0, 0.05) is 31.7 Å². The molecule has 1 aromatic rings. The van der Waals surface area contributed by atoms with Crippen LogP contribution >= 0.6 is 0 Å². The average Bonchev–Trinajstić information content (AvgIpc) is 2.93. The molecule has 1 aliphatic carbocycles. The van der Waals surface area contributed by atoms with Crippen molar-refractivity contribution < 1.29 is 0 Å². The maximum absolute atomic E-state index is 4.19. The summed E-state index contributed by atoms with van der Waals surface area (Å²) in [6.07, 6.45) is 8.80. The van der Waals surface area contributed by atoms with Crippen molar-refractivity contribution in [3.05, 3.63) is 12.2 Å². The number of hydrogen-bond donors (Lipinski definition) is 1. The van der Waals surface area contributed by atoms with Crippen molar-refractivity contribution in [1.29, 1.82) is 0 Å². The van der Waals surface area contributed by atoms with E-state index in [-0.39, 0.29) is 0 Å². The van der Waals surface area contributed by atoms with Gasteiger partial charge in [0.15, 0.2) is 0 Å². The summed E-state index contributed by atoms with van der Waals surface area (Å²) in [5, 5.41) is 11.9. The fourth-order valence-corrected chi connectivity index (χ4v) is 3.23. The van der Waals surface area contributed by atoms with Crippen LogP contribution in [-0.2, 0) is 13.1 Å². The van der Waals surface area contributed by atoms with Gasteiger partial charge in [-0.1, -0.05) is 19.3 Å². The van der Waals surface area contributed by atoms with E-state index in [0.29, 0.717) is 6.04 Å². The maximum atomic E-state index is 4.19. The van der Waals surface area contributed by atoms with Gasteiger partial charge in [0.2, 0.25) is 0 Å². The molecule has 19 heavy (non-hydrogen) atoms. The van der Waals surface area contributed by atoms with Crippen molar-refractivity contribution in [2.45, 2.75) is 64.2 Å². The zero-order valence-corrected chi connectivity index (χ0v) is 11.9. The summed E-state index contributed by atoms with van der Waals surface area (Å²) in [6, 6.07) is 1.33. The number of nitrogens with zero attached hydrogens (tertiary/aromatic N) is 4. The predicted molar refractivity (Wildman–Crippen MR) is 74.8 cm³/mol. The molecule has 0 bridgehead atoms. The van der Waals surface area contributed by atoms with Crippen molar-refractivity contribution in [3.63, 3.8) is 0 Å². The zero-order chi connectivity index (χ0) is 13.1. The lowest BCUT2D eigenvalue weighted by molar-refractivity contribution is 0.155. The number of rotatable bonds is 4. The van der Waals surface area contributed by atoms with Crippen LogP contribution < -0.4 is 5.32 Å². The first kappa shape index (κ1) is 13.1. The molecule has 5 heteroatoms. The summed E-state index contributed by atoms with van der Waals surface area (Å²) in [5.74, 6) is 1.11. The summed E-state index contributed by atoms with van der Waals surface area (Å²) < 4.78 is 2.16. The van der Waals surface area contributed by atoms with Crippen LogP contribution in [0, 0.1) is 0 Å². The lowest BCUT2D eigenvalue weighted by atomic mass is 9.95. The fraction of sp³-hybridized carbons (Fsp3) is 0.857. The standard InChI is InChI=1S/C14H25N5/c1-12(9-15-13-5-3-2-4-6-13)18-7-8-19-11-16-17-14(19)10-18/h11-13,15H,2-10H2,1H3. The minimum atomic E-state index is 0.576. The topological polar surface area (TPSA) is 46.0 Å². The molecule has 0 saturated heterocycles. The highest BCUT2D eigenvalue weighted by Gasteiger charge is 2.22. The van der Waals surface area contributed by atoms with Gasteiger partial charge in [-0.2, -0.15) is 0 Å². The van der Waals surface area contributed by atoms with Crippen LogP contribution in [0.4, 0.5) is 0 Å². The molecule has 0 amide bonds. The largest absolute Gasteiger partial charge is 0.315 e. The summed E-state index contributed by atoms with van der Waals surface area (Å²) >= 11 is 0. The van der Waals surface area contributed by atoms with Crippen LogP contribution in [0.25, 0.3) is 0 Å². The SMILES string of the molecule is CC(CNC1CCCCC1)N1CCn2cnnc2C1. The van der Waals surface area contributed by atoms with Crippen LogP contribution in [0.3, 0.4) is 0 Å². The molecule has 0 aromatic carbocycles. The lowest BCUT2D eigenvalue weighted by Gasteiger charge is -2.34. The number of fused-ring (bicyclic) bond motifs is 1. The van der Waals surface area contributed by atoms with Crippen LogP contribution in [0.5, 0.6) is 0 Å². The van der Waals surface area contributed by atoms with Gasteiger partial charge in [-0.25, -0.2) is 0 Å². The van der Waals surface area contributed by atoms with Crippen LogP contribution in [0.15, 0.2) is 6.33 Å². The number of hydrogen-bond acceptors (Lipinski definition) is 4. The Balaban J connectivity index is 1.47. The number of aromatic nitrogens is 3. The van der Waals surface area contributed by atoms with E-state index >= 15 is 0 Å². The second-order valence-electron chi connectivity index (χ2n) is 6.00. The molecule has 1 saturated carbocycles. The van der Waals surface area contributed by atoms with Crippen molar-refractivity contribution in [2.75, 3.05) is 13.1 Å². The van der Waals surface area contributed by atoms with Gasteiger partial charge in [-0.3, -0.25) is 4.90 Å². The fourth-order valence-electron chi connectivity index (χ4n) is 3.23. The van der Waals surface area contributed by atoms with Gasteiger partial charge in [-0.05, 0) is 19.8 Å². The molecule has 3 rings (SSSR count). The van der Waals surface area contributed by atoms with Gasteiger partial charge in [0.05, 0.1) is 6.54 Å². The predicted octanol–water partition coefficient (Wildman–Crippen LogP) is 1.40. The monoisotopic (exact) mass is 263 g/mol. The molecular formula is C14H25N5. The van der Waals surface area contributed by atoms with Gasteiger partial charge < -0.3 is 9.88 Å². The van der Waals surface area contributed by atoms with Crippen LogP contribution in [0.1, 0.15) is 44.9 Å². The first-order chi connectivity index (χ1) is 9.33. The highest BCUT2D eigenvalue weighted by atomic mass is 15.3. The molecule has 1 fully saturated rings.